The standard InChI is InChI=1S/C10H16N2O3/c1-3-10(4-2,9(13)14)11-5-8-6-12-15-7-8/h6-7,11H,3-5H2,1-2H3,(H,13,14). The van der Waals surface area contributed by atoms with Gasteiger partial charge in [0.05, 0.1) is 6.20 Å². The lowest BCUT2D eigenvalue weighted by Crippen LogP contribution is -2.50. The molecule has 1 aromatic heterocycles. The van der Waals surface area contributed by atoms with Crippen molar-refractivity contribution in [3.63, 3.8) is 0 Å². The minimum Gasteiger partial charge on any atom is -0.480 e. The Kier molecular flexibility index (Phi) is 3.85. The zero-order valence-corrected chi connectivity index (χ0v) is 8.99. The summed E-state index contributed by atoms with van der Waals surface area (Å²) in [5.41, 5.74) is -0.000370. The third-order valence-electron chi connectivity index (χ3n) is 2.73. The molecular weight excluding hydrogens is 196 g/mol. The number of rotatable bonds is 6. The summed E-state index contributed by atoms with van der Waals surface area (Å²) in [5, 5.41) is 15.7. The Morgan fingerprint density at radius 1 is 1.60 bits per heavy atom. The van der Waals surface area contributed by atoms with Crippen LogP contribution < -0.4 is 5.32 Å². The SMILES string of the molecule is CCC(CC)(NCc1cnoc1)C(=O)O. The number of nitrogens with one attached hydrogen (secondary N) is 1. The third-order valence-corrected chi connectivity index (χ3v) is 2.73. The van der Waals surface area contributed by atoms with Gasteiger partial charge in [0.2, 0.25) is 0 Å². The molecule has 0 saturated heterocycles. The molecule has 0 bridgehead atoms. The van der Waals surface area contributed by atoms with Gasteiger partial charge in [-0.2, -0.15) is 0 Å². The Labute approximate surface area is 88.5 Å². The summed E-state index contributed by atoms with van der Waals surface area (Å²) in [6.07, 6.45) is 4.17. The Balaban J connectivity index is 2.63. The summed E-state index contributed by atoms with van der Waals surface area (Å²) < 4.78 is 4.67. The maximum absolute atomic E-state index is 11.1. The number of hydrogen-bond donors (Lipinski definition) is 2. The van der Waals surface area contributed by atoms with Crippen molar-refractivity contribution in [2.45, 2.75) is 38.8 Å². The summed E-state index contributed by atoms with van der Waals surface area (Å²) >= 11 is 0. The van der Waals surface area contributed by atoms with Crippen LogP contribution in [0.25, 0.3) is 0 Å². The second-order valence-electron chi connectivity index (χ2n) is 3.48. The van der Waals surface area contributed by atoms with Gasteiger partial charge in [-0.15, -0.1) is 0 Å². The molecule has 2 N–H and O–H groups in total. The Hall–Kier alpha value is -1.36. The second-order valence-corrected chi connectivity index (χ2v) is 3.48. The van der Waals surface area contributed by atoms with Crippen LogP contribution in [0.15, 0.2) is 17.0 Å². The van der Waals surface area contributed by atoms with Crippen molar-refractivity contribution in [1.82, 2.24) is 10.5 Å². The first kappa shape index (κ1) is 11.7. The summed E-state index contributed by atoms with van der Waals surface area (Å²) in [6.45, 7) is 4.17. The van der Waals surface area contributed by atoms with E-state index < -0.39 is 11.5 Å². The van der Waals surface area contributed by atoms with Gasteiger partial charge in [0.1, 0.15) is 11.8 Å². The molecule has 1 heterocycles. The number of aliphatic carboxylic acids is 1. The van der Waals surface area contributed by atoms with Gasteiger partial charge in [-0.25, -0.2) is 0 Å². The van der Waals surface area contributed by atoms with E-state index in [0.717, 1.165) is 5.56 Å². The van der Waals surface area contributed by atoms with Gasteiger partial charge in [0, 0.05) is 12.1 Å². The van der Waals surface area contributed by atoms with Gasteiger partial charge in [-0.1, -0.05) is 19.0 Å². The van der Waals surface area contributed by atoms with E-state index in [-0.39, 0.29) is 0 Å². The van der Waals surface area contributed by atoms with Gasteiger partial charge in [0.15, 0.2) is 0 Å². The monoisotopic (exact) mass is 212 g/mol. The molecule has 0 spiro atoms. The fourth-order valence-corrected chi connectivity index (χ4v) is 1.46. The average molecular weight is 212 g/mol. The zero-order chi connectivity index (χ0) is 11.3. The highest BCUT2D eigenvalue weighted by atomic mass is 16.5. The van der Waals surface area contributed by atoms with E-state index in [9.17, 15) is 4.79 Å². The number of carbonyl (C=O) groups is 1. The molecule has 5 nitrogen and oxygen atoms in total. The number of nitrogens with zero attached hydrogens (tertiary/aromatic N) is 1. The van der Waals surface area contributed by atoms with Gasteiger partial charge in [-0.05, 0) is 12.8 Å². The predicted octanol–water partition coefficient (Wildman–Crippen LogP) is 1.41. The van der Waals surface area contributed by atoms with Crippen molar-refractivity contribution in [2.75, 3.05) is 0 Å². The minimum absolute atomic E-state index is 0.456. The van der Waals surface area contributed by atoms with Crippen LogP contribution in [-0.2, 0) is 11.3 Å². The van der Waals surface area contributed by atoms with Crippen LogP contribution in [0.1, 0.15) is 32.3 Å². The Bertz CT molecular complexity index is 304. The number of carboxylic acids is 1. The maximum Gasteiger partial charge on any atom is 0.323 e. The van der Waals surface area contributed by atoms with E-state index in [1.165, 1.54) is 6.26 Å². The van der Waals surface area contributed by atoms with E-state index in [1.807, 2.05) is 13.8 Å². The van der Waals surface area contributed by atoms with E-state index in [2.05, 4.69) is 15.0 Å². The van der Waals surface area contributed by atoms with Crippen LogP contribution in [0.5, 0.6) is 0 Å². The molecular formula is C10H16N2O3. The first-order valence-electron chi connectivity index (χ1n) is 5.01. The first-order valence-corrected chi connectivity index (χ1v) is 5.01. The topological polar surface area (TPSA) is 75.4 Å². The second kappa shape index (κ2) is 4.93. The lowest BCUT2D eigenvalue weighted by atomic mass is 9.93. The molecule has 0 aliphatic rings. The molecule has 84 valence electrons. The van der Waals surface area contributed by atoms with Crippen LogP contribution in [0.3, 0.4) is 0 Å². The molecule has 1 rings (SSSR count). The number of hydrogen-bond acceptors (Lipinski definition) is 4. The van der Waals surface area contributed by atoms with Gasteiger partial charge < -0.3 is 9.63 Å². The van der Waals surface area contributed by atoms with Gasteiger partial charge >= 0.3 is 5.97 Å². The molecule has 15 heavy (non-hydrogen) atoms. The van der Waals surface area contributed by atoms with Crippen molar-refractivity contribution in [1.29, 1.82) is 0 Å². The van der Waals surface area contributed by atoms with E-state index in [4.69, 9.17) is 5.11 Å². The molecule has 0 aromatic carbocycles. The summed E-state index contributed by atoms with van der Waals surface area (Å²) in [7, 11) is 0. The van der Waals surface area contributed by atoms with Crippen LogP contribution in [-0.4, -0.2) is 21.8 Å². The van der Waals surface area contributed by atoms with Crippen molar-refractivity contribution in [3.05, 3.63) is 18.0 Å². The first-order chi connectivity index (χ1) is 7.14. The molecule has 0 saturated carbocycles. The lowest BCUT2D eigenvalue weighted by Gasteiger charge is -2.27. The molecule has 0 aliphatic carbocycles. The normalized spacial score (nSPS) is 11.6. The molecule has 1 aromatic rings. The van der Waals surface area contributed by atoms with Crippen LogP contribution >= 0.6 is 0 Å². The molecule has 0 atom stereocenters. The average Bonchev–Trinajstić information content (AvgIpc) is 2.72. The van der Waals surface area contributed by atoms with Crippen LogP contribution in [0.2, 0.25) is 0 Å². The van der Waals surface area contributed by atoms with E-state index in [0.29, 0.717) is 19.4 Å². The van der Waals surface area contributed by atoms with Crippen LogP contribution in [0, 0.1) is 0 Å². The van der Waals surface area contributed by atoms with E-state index >= 15 is 0 Å². The Morgan fingerprint density at radius 2 is 2.27 bits per heavy atom. The van der Waals surface area contributed by atoms with Gasteiger partial charge in [0.25, 0.3) is 0 Å². The van der Waals surface area contributed by atoms with Crippen molar-refractivity contribution < 1.29 is 14.4 Å². The van der Waals surface area contributed by atoms with Crippen molar-refractivity contribution in [3.8, 4) is 0 Å². The molecule has 0 amide bonds. The molecule has 0 aliphatic heterocycles. The van der Waals surface area contributed by atoms with Crippen molar-refractivity contribution >= 4 is 5.97 Å². The smallest absolute Gasteiger partial charge is 0.323 e. The number of aromatic nitrogens is 1. The van der Waals surface area contributed by atoms with Gasteiger partial charge in [-0.3, -0.25) is 10.1 Å². The summed E-state index contributed by atoms with van der Waals surface area (Å²) in [4.78, 5) is 11.1. The Morgan fingerprint density at radius 3 is 2.67 bits per heavy atom. The third kappa shape index (κ3) is 2.56. The fraction of sp³-hybridized carbons (Fsp3) is 0.600. The van der Waals surface area contributed by atoms with Crippen molar-refractivity contribution in [2.24, 2.45) is 0 Å². The summed E-state index contributed by atoms with van der Waals surface area (Å²) in [6, 6.07) is 0. The molecule has 0 radical (unpaired) electrons. The molecule has 0 unspecified atom stereocenters. The van der Waals surface area contributed by atoms with E-state index in [1.54, 1.807) is 6.20 Å². The molecule has 0 fully saturated rings. The zero-order valence-electron chi connectivity index (χ0n) is 8.99. The molecule has 5 heteroatoms. The highest BCUT2D eigenvalue weighted by molar-refractivity contribution is 5.78. The largest absolute Gasteiger partial charge is 0.480 e. The summed E-state index contributed by atoms with van der Waals surface area (Å²) in [5.74, 6) is -0.816. The lowest BCUT2D eigenvalue weighted by molar-refractivity contribution is -0.145. The highest BCUT2D eigenvalue weighted by Gasteiger charge is 2.33. The number of carboxylic acid groups (broad SMARTS) is 1. The minimum atomic E-state index is -0.850. The highest BCUT2D eigenvalue weighted by Crippen LogP contribution is 2.16. The quantitative estimate of drug-likeness (QED) is 0.745. The maximum atomic E-state index is 11.1. The fourth-order valence-electron chi connectivity index (χ4n) is 1.46. The van der Waals surface area contributed by atoms with Crippen LogP contribution in [0.4, 0.5) is 0 Å². The predicted molar refractivity (Wildman–Crippen MR) is 54.3 cm³/mol.